The lowest BCUT2D eigenvalue weighted by Crippen LogP contribution is -2.14. The molecule has 0 radical (unpaired) electrons. The van der Waals surface area contributed by atoms with Crippen LogP contribution in [0, 0.1) is 10.1 Å². The second-order valence-corrected chi connectivity index (χ2v) is 6.36. The SMILES string of the molecule is COC(=O)CCS(=O)(=O)Cc1cc([N+](=O)[O-])ccc1OC. The maximum absolute atomic E-state index is 11.9. The Kier molecular flexibility index (Phi) is 5.65. The fourth-order valence-corrected chi connectivity index (χ4v) is 2.96. The molecule has 0 heterocycles. The van der Waals surface area contributed by atoms with Gasteiger partial charge in [-0.3, -0.25) is 14.9 Å². The summed E-state index contributed by atoms with van der Waals surface area (Å²) in [4.78, 5) is 21.1. The van der Waals surface area contributed by atoms with Gasteiger partial charge < -0.3 is 9.47 Å². The Bertz CT molecular complexity index is 639. The van der Waals surface area contributed by atoms with Crippen molar-refractivity contribution < 1.29 is 27.6 Å². The summed E-state index contributed by atoms with van der Waals surface area (Å²) in [5.41, 5.74) is -0.0504. The molecule has 116 valence electrons. The van der Waals surface area contributed by atoms with Crippen LogP contribution in [-0.4, -0.2) is 39.3 Å². The first-order chi connectivity index (χ1) is 9.79. The molecule has 1 aromatic rings. The minimum atomic E-state index is -3.62. The van der Waals surface area contributed by atoms with Crippen molar-refractivity contribution in [3.63, 3.8) is 0 Å². The van der Waals surface area contributed by atoms with Gasteiger partial charge in [0.2, 0.25) is 0 Å². The fraction of sp³-hybridized carbons (Fsp3) is 0.417. The van der Waals surface area contributed by atoms with Crippen LogP contribution in [0.25, 0.3) is 0 Å². The minimum absolute atomic E-state index is 0.177. The number of nitro benzene ring substituents is 1. The zero-order valence-corrected chi connectivity index (χ0v) is 12.4. The molecule has 21 heavy (non-hydrogen) atoms. The van der Waals surface area contributed by atoms with Crippen molar-refractivity contribution >= 4 is 21.5 Å². The summed E-state index contributed by atoms with van der Waals surface area (Å²) in [6, 6.07) is 3.71. The number of sulfone groups is 1. The van der Waals surface area contributed by atoms with Gasteiger partial charge in [-0.2, -0.15) is 0 Å². The molecule has 0 unspecified atom stereocenters. The number of non-ortho nitro benzene ring substituents is 1. The molecule has 0 atom stereocenters. The Labute approximate surface area is 121 Å². The molecule has 0 N–H and O–H groups in total. The third-order valence-corrected chi connectivity index (χ3v) is 4.27. The van der Waals surface area contributed by atoms with Gasteiger partial charge >= 0.3 is 5.97 Å². The van der Waals surface area contributed by atoms with Gasteiger partial charge in [0.1, 0.15) is 5.75 Å². The molecule has 0 aliphatic carbocycles. The van der Waals surface area contributed by atoms with Crippen molar-refractivity contribution in [2.45, 2.75) is 12.2 Å². The van der Waals surface area contributed by atoms with E-state index in [0.717, 1.165) is 6.07 Å². The van der Waals surface area contributed by atoms with Crippen LogP contribution in [0.4, 0.5) is 5.69 Å². The van der Waals surface area contributed by atoms with Gasteiger partial charge in [0, 0.05) is 17.7 Å². The van der Waals surface area contributed by atoms with Gasteiger partial charge in [-0.05, 0) is 6.07 Å². The molecule has 0 aliphatic heterocycles. The summed E-state index contributed by atoms with van der Waals surface area (Å²) in [5.74, 6) is -1.24. The normalized spacial score (nSPS) is 11.0. The van der Waals surface area contributed by atoms with Crippen molar-refractivity contribution in [3.8, 4) is 5.75 Å². The maximum Gasteiger partial charge on any atom is 0.306 e. The number of methoxy groups -OCH3 is 2. The third-order valence-electron chi connectivity index (χ3n) is 2.70. The first kappa shape index (κ1) is 16.9. The first-order valence-corrected chi connectivity index (χ1v) is 7.69. The summed E-state index contributed by atoms with van der Waals surface area (Å²) < 4.78 is 33.2. The molecule has 0 saturated heterocycles. The van der Waals surface area contributed by atoms with Crippen LogP contribution in [0.2, 0.25) is 0 Å². The molecule has 0 aromatic heterocycles. The van der Waals surface area contributed by atoms with Crippen molar-refractivity contribution in [3.05, 3.63) is 33.9 Å². The second-order valence-electron chi connectivity index (χ2n) is 4.17. The summed E-state index contributed by atoms with van der Waals surface area (Å²) in [6.45, 7) is 0. The molecule has 9 heteroatoms. The quantitative estimate of drug-likeness (QED) is 0.420. The predicted octanol–water partition coefficient (Wildman–Crippen LogP) is 1.08. The Morgan fingerprint density at radius 1 is 1.33 bits per heavy atom. The van der Waals surface area contributed by atoms with Crippen LogP contribution in [0.15, 0.2) is 18.2 Å². The molecule has 1 rings (SSSR count). The molecule has 0 spiro atoms. The van der Waals surface area contributed by atoms with Crippen LogP contribution in [0.1, 0.15) is 12.0 Å². The van der Waals surface area contributed by atoms with Crippen molar-refractivity contribution in [2.75, 3.05) is 20.0 Å². The van der Waals surface area contributed by atoms with E-state index in [1.165, 1.54) is 26.4 Å². The number of carbonyl (C=O) groups is 1. The number of hydrogen-bond donors (Lipinski definition) is 0. The lowest BCUT2D eigenvalue weighted by molar-refractivity contribution is -0.384. The molecule has 0 fully saturated rings. The molecule has 8 nitrogen and oxygen atoms in total. The Hall–Kier alpha value is -2.16. The Morgan fingerprint density at radius 3 is 2.52 bits per heavy atom. The number of hydrogen-bond acceptors (Lipinski definition) is 7. The molecule has 0 amide bonds. The van der Waals surface area contributed by atoms with E-state index in [9.17, 15) is 23.3 Å². The third kappa shape index (κ3) is 5.03. The van der Waals surface area contributed by atoms with Crippen molar-refractivity contribution in [1.82, 2.24) is 0 Å². The number of carbonyl (C=O) groups excluding carboxylic acids is 1. The van der Waals surface area contributed by atoms with Crippen LogP contribution < -0.4 is 4.74 Å². The van der Waals surface area contributed by atoms with E-state index in [-0.39, 0.29) is 23.4 Å². The van der Waals surface area contributed by atoms with E-state index in [0.29, 0.717) is 0 Å². The van der Waals surface area contributed by atoms with E-state index < -0.39 is 32.2 Å². The maximum atomic E-state index is 11.9. The molecule has 0 saturated carbocycles. The second kappa shape index (κ2) is 7.02. The van der Waals surface area contributed by atoms with E-state index >= 15 is 0 Å². The lowest BCUT2D eigenvalue weighted by Gasteiger charge is -2.09. The Morgan fingerprint density at radius 2 is 2.00 bits per heavy atom. The van der Waals surface area contributed by atoms with Gasteiger partial charge in [-0.15, -0.1) is 0 Å². The number of esters is 1. The van der Waals surface area contributed by atoms with Crippen LogP contribution in [0.3, 0.4) is 0 Å². The zero-order chi connectivity index (χ0) is 16.0. The highest BCUT2D eigenvalue weighted by Gasteiger charge is 2.19. The summed E-state index contributed by atoms with van der Waals surface area (Å²) in [5, 5.41) is 10.7. The van der Waals surface area contributed by atoms with E-state index in [1.807, 2.05) is 0 Å². The minimum Gasteiger partial charge on any atom is -0.496 e. The average molecular weight is 317 g/mol. The Balaban J connectivity index is 2.97. The highest BCUT2D eigenvalue weighted by Crippen LogP contribution is 2.26. The van der Waals surface area contributed by atoms with Crippen molar-refractivity contribution in [2.24, 2.45) is 0 Å². The van der Waals surface area contributed by atoms with E-state index in [1.54, 1.807) is 0 Å². The topological polar surface area (TPSA) is 113 Å². The fourth-order valence-electron chi connectivity index (χ4n) is 1.64. The van der Waals surface area contributed by atoms with Crippen molar-refractivity contribution in [1.29, 1.82) is 0 Å². The first-order valence-electron chi connectivity index (χ1n) is 5.87. The highest BCUT2D eigenvalue weighted by molar-refractivity contribution is 7.90. The summed E-state index contributed by atoms with van der Waals surface area (Å²) in [7, 11) is -1.11. The number of rotatable bonds is 7. The van der Waals surface area contributed by atoms with Gasteiger partial charge in [0.05, 0.1) is 37.1 Å². The molecular formula is C12H15NO7S. The summed E-state index contributed by atoms with van der Waals surface area (Å²) in [6.07, 6.45) is -0.268. The van der Waals surface area contributed by atoms with Gasteiger partial charge in [-0.25, -0.2) is 8.42 Å². The van der Waals surface area contributed by atoms with Gasteiger partial charge in [0.25, 0.3) is 5.69 Å². The highest BCUT2D eigenvalue weighted by atomic mass is 32.2. The number of nitro groups is 1. The molecule has 0 aliphatic rings. The molecular weight excluding hydrogens is 302 g/mol. The molecule has 1 aromatic carbocycles. The van der Waals surface area contributed by atoms with E-state index in [4.69, 9.17) is 4.74 Å². The number of benzene rings is 1. The smallest absolute Gasteiger partial charge is 0.306 e. The predicted molar refractivity (Wildman–Crippen MR) is 73.8 cm³/mol. The average Bonchev–Trinajstić information content (AvgIpc) is 2.44. The summed E-state index contributed by atoms with van der Waals surface area (Å²) >= 11 is 0. The van der Waals surface area contributed by atoms with E-state index in [2.05, 4.69) is 4.74 Å². The standard InChI is InChI=1S/C12H15NO7S/c1-19-11-4-3-10(13(15)16)7-9(11)8-21(17,18)6-5-12(14)20-2/h3-4,7H,5-6,8H2,1-2H3. The van der Waals surface area contributed by atoms with Gasteiger partial charge in [0.15, 0.2) is 9.84 Å². The number of nitrogens with zero attached hydrogens (tertiary/aromatic N) is 1. The molecule has 0 bridgehead atoms. The van der Waals surface area contributed by atoms with Crippen LogP contribution >= 0.6 is 0 Å². The lowest BCUT2D eigenvalue weighted by atomic mass is 10.2. The monoisotopic (exact) mass is 317 g/mol. The van der Waals surface area contributed by atoms with Gasteiger partial charge in [-0.1, -0.05) is 0 Å². The van der Waals surface area contributed by atoms with Crippen LogP contribution in [0.5, 0.6) is 5.75 Å². The largest absolute Gasteiger partial charge is 0.496 e. The zero-order valence-electron chi connectivity index (χ0n) is 11.6. The number of ether oxygens (including phenoxy) is 2. The van der Waals surface area contributed by atoms with Crippen LogP contribution in [-0.2, 0) is 25.1 Å².